The van der Waals surface area contributed by atoms with Crippen LogP contribution < -0.4 is 32.8 Å². The minimum atomic E-state index is -0.999. The molecule has 1 aliphatic heterocycles. The van der Waals surface area contributed by atoms with Crippen molar-refractivity contribution in [3.63, 3.8) is 0 Å². The molecule has 0 fully saturated rings. The summed E-state index contributed by atoms with van der Waals surface area (Å²) in [6, 6.07) is 22.2. The fourth-order valence-corrected chi connectivity index (χ4v) is 11.8. The van der Waals surface area contributed by atoms with Crippen molar-refractivity contribution < 1.29 is 0 Å². The van der Waals surface area contributed by atoms with Crippen molar-refractivity contribution in [3.05, 3.63) is 114 Å². The van der Waals surface area contributed by atoms with Crippen molar-refractivity contribution >= 4 is 48.0 Å². The van der Waals surface area contributed by atoms with Gasteiger partial charge in [-0.15, -0.1) is 0 Å². The summed E-state index contributed by atoms with van der Waals surface area (Å²) in [4.78, 5) is 54.4. The molecule has 41 heavy (non-hydrogen) atoms. The summed E-state index contributed by atoms with van der Waals surface area (Å²) in [5.74, 6) is -0.654. The third-order valence-electron chi connectivity index (χ3n) is 8.39. The Labute approximate surface area is 238 Å². The van der Waals surface area contributed by atoms with Crippen LogP contribution in [0.1, 0.15) is 45.0 Å². The van der Waals surface area contributed by atoms with E-state index in [-0.39, 0.29) is 39.6 Å². The smallest absolute Gasteiger partial charge is 0.267 e. The van der Waals surface area contributed by atoms with Gasteiger partial charge in [0.25, 0.3) is 22.2 Å². The van der Waals surface area contributed by atoms with Gasteiger partial charge in [0.2, 0.25) is 0 Å². The van der Waals surface area contributed by atoms with E-state index >= 15 is 0 Å². The summed E-state index contributed by atoms with van der Waals surface area (Å²) in [7, 11) is -1.97. The summed E-state index contributed by atoms with van der Waals surface area (Å²) in [6.07, 6.45) is 0. The predicted molar refractivity (Wildman–Crippen MR) is 170 cm³/mol. The molecule has 0 aliphatic carbocycles. The zero-order chi connectivity index (χ0) is 29.2. The van der Waals surface area contributed by atoms with Gasteiger partial charge in [-0.05, 0) is 77.2 Å². The molecule has 1 unspecified atom stereocenters. The lowest BCUT2D eigenvalue weighted by Gasteiger charge is -2.30. The van der Waals surface area contributed by atoms with E-state index in [4.69, 9.17) is 0 Å². The van der Waals surface area contributed by atoms with Gasteiger partial charge in [0.15, 0.2) is 0 Å². The third-order valence-corrected chi connectivity index (χ3v) is 14.1. The van der Waals surface area contributed by atoms with Crippen molar-refractivity contribution in [3.8, 4) is 0 Å². The molecular weight excluding hydrogens is 554 g/mol. The highest BCUT2D eigenvalue weighted by Gasteiger charge is 2.40. The minimum absolute atomic E-state index is 0.149. The molecule has 1 aliphatic rings. The highest BCUT2D eigenvalue weighted by Crippen LogP contribution is 2.60. The van der Waals surface area contributed by atoms with E-state index in [0.29, 0.717) is 28.1 Å². The SMILES string of the molecule is CCn1c(=O)c2ccccc2c(=O)n1[C@H](C)P(C)c1ccccc1P1[C@@H](C)n2c(=O)c3ccccc3c(=O)n2[C@@H]1C. The van der Waals surface area contributed by atoms with Gasteiger partial charge >= 0.3 is 0 Å². The minimum Gasteiger partial charge on any atom is -0.267 e. The van der Waals surface area contributed by atoms with Crippen LogP contribution in [0.2, 0.25) is 0 Å². The lowest BCUT2D eigenvalue weighted by Crippen LogP contribution is -2.40. The average Bonchev–Trinajstić information content (AvgIpc) is 3.26. The second kappa shape index (κ2) is 10.3. The molecule has 0 saturated carbocycles. The Morgan fingerprint density at radius 3 is 1.66 bits per heavy atom. The van der Waals surface area contributed by atoms with E-state index in [2.05, 4.69) is 18.8 Å². The van der Waals surface area contributed by atoms with E-state index in [1.165, 1.54) is 0 Å². The maximum absolute atomic E-state index is 13.8. The van der Waals surface area contributed by atoms with Crippen LogP contribution in [0.3, 0.4) is 0 Å². The Morgan fingerprint density at radius 1 is 0.707 bits per heavy atom. The molecule has 4 atom stereocenters. The van der Waals surface area contributed by atoms with Crippen molar-refractivity contribution in [1.29, 1.82) is 0 Å². The first-order valence-electron chi connectivity index (χ1n) is 13.8. The summed E-state index contributed by atoms with van der Waals surface area (Å²) in [6.45, 7) is 10.5. The summed E-state index contributed by atoms with van der Waals surface area (Å²) < 4.78 is 6.51. The maximum atomic E-state index is 13.8. The molecule has 5 aromatic rings. The third kappa shape index (κ3) is 4.03. The van der Waals surface area contributed by atoms with Crippen LogP contribution in [0, 0.1) is 0 Å². The molecule has 0 N–H and O–H groups in total. The van der Waals surface area contributed by atoms with E-state index in [9.17, 15) is 19.2 Å². The molecular formula is C31H32N4O4P2. The normalized spacial score (nSPS) is 18.6. The molecule has 8 nitrogen and oxygen atoms in total. The summed E-state index contributed by atoms with van der Waals surface area (Å²) in [5, 5.41) is 3.99. The van der Waals surface area contributed by atoms with Crippen LogP contribution in [0.15, 0.2) is 92.0 Å². The van der Waals surface area contributed by atoms with Crippen LogP contribution in [0.25, 0.3) is 21.5 Å². The van der Waals surface area contributed by atoms with E-state index in [1.54, 1.807) is 67.3 Å². The van der Waals surface area contributed by atoms with Crippen LogP contribution in [-0.2, 0) is 6.54 Å². The average molecular weight is 587 g/mol. The number of rotatable bonds is 5. The number of hydrogen-bond donors (Lipinski definition) is 0. The molecule has 6 rings (SSSR count). The monoisotopic (exact) mass is 586 g/mol. The molecule has 3 heterocycles. The highest BCUT2D eigenvalue weighted by atomic mass is 31.1. The van der Waals surface area contributed by atoms with Gasteiger partial charge in [-0.3, -0.25) is 19.2 Å². The number of benzene rings is 3. The Bertz CT molecular complexity index is 2010. The fraction of sp³-hybridized carbons (Fsp3) is 0.290. The van der Waals surface area contributed by atoms with Gasteiger partial charge in [0.05, 0.1) is 38.9 Å². The summed E-state index contributed by atoms with van der Waals surface area (Å²) >= 11 is 0. The maximum Gasteiger partial charge on any atom is 0.273 e. The number of hydrogen-bond acceptors (Lipinski definition) is 4. The first-order valence-corrected chi connectivity index (χ1v) is 17.1. The van der Waals surface area contributed by atoms with Gasteiger partial charge in [0, 0.05) is 6.54 Å². The molecule has 3 aromatic carbocycles. The molecule has 10 heteroatoms. The first-order chi connectivity index (χ1) is 19.7. The molecule has 0 amide bonds. The topological polar surface area (TPSA) is 88.0 Å². The Hall–Kier alpha value is -3.60. The van der Waals surface area contributed by atoms with E-state index in [0.717, 1.165) is 10.6 Å². The zero-order valence-corrected chi connectivity index (χ0v) is 25.5. The molecule has 2 aromatic heterocycles. The highest BCUT2D eigenvalue weighted by molar-refractivity contribution is 7.71. The number of fused-ring (bicyclic) bond motifs is 3. The fourth-order valence-electron chi connectivity index (χ4n) is 6.29. The van der Waals surface area contributed by atoms with Crippen LogP contribution in [-0.4, -0.2) is 25.4 Å². The molecule has 0 spiro atoms. The molecule has 0 radical (unpaired) electrons. The molecule has 210 valence electrons. The molecule has 0 saturated heterocycles. The van der Waals surface area contributed by atoms with Crippen molar-refractivity contribution in [1.82, 2.24) is 18.7 Å². The van der Waals surface area contributed by atoms with Crippen LogP contribution in [0.4, 0.5) is 0 Å². The predicted octanol–water partition coefficient (Wildman–Crippen LogP) is 4.47. The summed E-state index contributed by atoms with van der Waals surface area (Å²) in [5.41, 5.74) is -0.644. The standard InChI is InChI=1S/C31H32N4O4P2/c1-6-32-28(36)22-13-7-8-14-23(22)29(37)33(32)19(2)40(5)26-17-11-12-18-27(26)41-20(3)34-30(38)24-15-9-10-16-25(24)31(39)35(34)21(41)4/h7-21H,6H2,1-5H3/t19-,20-,21-,40?/m0/s1. The van der Waals surface area contributed by atoms with Crippen molar-refractivity contribution in [2.24, 2.45) is 0 Å². The molecule has 0 bridgehead atoms. The van der Waals surface area contributed by atoms with Gasteiger partial charge < -0.3 is 0 Å². The van der Waals surface area contributed by atoms with Gasteiger partial charge in [0.1, 0.15) is 0 Å². The Balaban J connectivity index is 1.49. The Morgan fingerprint density at radius 2 is 1.15 bits per heavy atom. The number of aromatic nitrogens is 4. The van der Waals surface area contributed by atoms with E-state index in [1.807, 2.05) is 39.8 Å². The van der Waals surface area contributed by atoms with E-state index < -0.39 is 15.8 Å². The Kier molecular flexibility index (Phi) is 6.96. The quantitative estimate of drug-likeness (QED) is 0.285. The largest absolute Gasteiger partial charge is 0.273 e. The van der Waals surface area contributed by atoms with Crippen LogP contribution in [0.5, 0.6) is 0 Å². The van der Waals surface area contributed by atoms with Gasteiger partial charge in [-0.1, -0.05) is 56.5 Å². The first kappa shape index (κ1) is 27.6. The van der Waals surface area contributed by atoms with Crippen molar-refractivity contribution in [2.75, 3.05) is 6.66 Å². The van der Waals surface area contributed by atoms with Gasteiger partial charge in [-0.2, -0.15) is 0 Å². The second-order valence-corrected chi connectivity index (χ2v) is 15.7. The lowest BCUT2D eigenvalue weighted by atomic mass is 10.2. The van der Waals surface area contributed by atoms with Crippen LogP contribution >= 0.6 is 15.8 Å². The van der Waals surface area contributed by atoms with Gasteiger partial charge in [-0.25, -0.2) is 18.7 Å². The second-order valence-electron chi connectivity index (χ2n) is 10.5. The zero-order valence-electron chi connectivity index (χ0n) is 23.7. The van der Waals surface area contributed by atoms with Crippen molar-refractivity contribution in [2.45, 2.75) is 51.6 Å². The lowest BCUT2D eigenvalue weighted by molar-refractivity contribution is 0.438. The number of nitrogens with zero attached hydrogens (tertiary/aromatic N) is 4.